The summed E-state index contributed by atoms with van der Waals surface area (Å²) in [5, 5.41) is 9.09. The smallest absolute Gasteiger partial charge is 0.271 e. The number of carbonyl (C=O) groups excluding carboxylic acids is 1. The van der Waals surface area contributed by atoms with Gasteiger partial charge in [0, 0.05) is 5.38 Å². The SMILES string of the molecule is Cc1nnsc1C(=O)Nc1nc(-c2ccc(Br)s2)cs1. The van der Waals surface area contributed by atoms with Gasteiger partial charge in [-0.3, -0.25) is 10.1 Å². The zero-order valence-corrected chi connectivity index (χ0v) is 14.1. The van der Waals surface area contributed by atoms with Crippen molar-refractivity contribution in [2.24, 2.45) is 0 Å². The van der Waals surface area contributed by atoms with E-state index < -0.39 is 0 Å². The summed E-state index contributed by atoms with van der Waals surface area (Å²) < 4.78 is 4.80. The summed E-state index contributed by atoms with van der Waals surface area (Å²) in [7, 11) is 0. The first-order chi connectivity index (χ1) is 9.63. The number of nitrogens with zero attached hydrogens (tertiary/aromatic N) is 3. The summed E-state index contributed by atoms with van der Waals surface area (Å²) in [5.74, 6) is -0.217. The number of rotatable bonds is 3. The zero-order chi connectivity index (χ0) is 14.1. The molecule has 3 rings (SSSR count). The number of anilines is 1. The van der Waals surface area contributed by atoms with Crippen molar-refractivity contribution >= 4 is 61.2 Å². The molecule has 0 atom stereocenters. The summed E-state index contributed by atoms with van der Waals surface area (Å²) in [6.45, 7) is 1.76. The molecule has 0 saturated carbocycles. The van der Waals surface area contributed by atoms with E-state index in [1.807, 2.05) is 17.5 Å². The van der Waals surface area contributed by atoms with Crippen LogP contribution < -0.4 is 5.32 Å². The van der Waals surface area contributed by atoms with Crippen molar-refractivity contribution in [1.29, 1.82) is 0 Å². The highest BCUT2D eigenvalue weighted by atomic mass is 79.9. The molecule has 5 nitrogen and oxygen atoms in total. The first-order valence-electron chi connectivity index (χ1n) is 5.45. The molecule has 1 amide bonds. The number of hydrogen-bond acceptors (Lipinski definition) is 7. The van der Waals surface area contributed by atoms with E-state index in [1.165, 1.54) is 11.3 Å². The second-order valence-electron chi connectivity index (χ2n) is 3.78. The van der Waals surface area contributed by atoms with Crippen LogP contribution >= 0.6 is 50.1 Å². The molecule has 102 valence electrons. The maximum atomic E-state index is 12.0. The van der Waals surface area contributed by atoms with Crippen LogP contribution in [0.3, 0.4) is 0 Å². The van der Waals surface area contributed by atoms with Gasteiger partial charge in [-0.2, -0.15) is 0 Å². The highest BCUT2D eigenvalue weighted by Gasteiger charge is 2.15. The molecular weight excluding hydrogens is 380 g/mol. The Kier molecular flexibility index (Phi) is 3.92. The van der Waals surface area contributed by atoms with Gasteiger partial charge in [-0.1, -0.05) is 4.49 Å². The summed E-state index contributed by atoms with van der Waals surface area (Å²) in [6.07, 6.45) is 0. The minimum atomic E-state index is -0.217. The number of halogens is 1. The lowest BCUT2D eigenvalue weighted by Gasteiger charge is -1.98. The number of aromatic nitrogens is 3. The lowest BCUT2D eigenvalue weighted by molar-refractivity contribution is 0.103. The zero-order valence-electron chi connectivity index (χ0n) is 10.1. The highest BCUT2D eigenvalue weighted by molar-refractivity contribution is 9.11. The van der Waals surface area contributed by atoms with Crippen molar-refractivity contribution in [2.75, 3.05) is 5.32 Å². The Morgan fingerprint density at radius 1 is 1.40 bits per heavy atom. The van der Waals surface area contributed by atoms with Gasteiger partial charge in [0.1, 0.15) is 4.88 Å². The monoisotopic (exact) mass is 386 g/mol. The topological polar surface area (TPSA) is 67.8 Å². The number of amides is 1. The predicted octanol–water partition coefficient (Wildman–Crippen LogP) is 4.05. The predicted molar refractivity (Wildman–Crippen MR) is 85.7 cm³/mol. The fourth-order valence-corrected chi connectivity index (χ4v) is 4.17. The third-order valence-corrected chi connectivity index (χ3v) is 5.64. The first kappa shape index (κ1) is 13.8. The van der Waals surface area contributed by atoms with Crippen LogP contribution in [0, 0.1) is 6.92 Å². The fraction of sp³-hybridized carbons (Fsp3) is 0.0909. The Morgan fingerprint density at radius 3 is 2.90 bits per heavy atom. The van der Waals surface area contributed by atoms with E-state index >= 15 is 0 Å². The first-order valence-corrected chi connectivity index (χ1v) is 8.71. The number of thiophene rings is 1. The van der Waals surface area contributed by atoms with Crippen molar-refractivity contribution < 1.29 is 4.79 Å². The molecule has 0 aliphatic heterocycles. The molecule has 0 unspecified atom stereocenters. The summed E-state index contributed by atoms with van der Waals surface area (Å²) in [6, 6.07) is 3.97. The fourth-order valence-electron chi connectivity index (χ4n) is 1.49. The highest BCUT2D eigenvalue weighted by Crippen LogP contribution is 2.33. The van der Waals surface area contributed by atoms with Crippen LogP contribution in [0.25, 0.3) is 10.6 Å². The lowest BCUT2D eigenvalue weighted by atomic mass is 10.4. The van der Waals surface area contributed by atoms with Crippen LogP contribution in [0.4, 0.5) is 5.13 Å². The van der Waals surface area contributed by atoms with Crippen molar-refractivity contribution in [1.82, 2.24) is 14.6 Å². The van der Waals surface area contributed by atoms with Gasteiger partial charge in [-0.25, -0.2) is 4.98 Å². The van der Waals surface area contributed by atoms with Crippen molar-refractivity contribution in [3.63, 3.8) is 0 Å². The minimum Gasteiger partial charge on any atom is -0.297 e. The molecule has 3 aromatic rings. The number of aryl methyl sites for hydroxylation is 1. The Labute approximate surface area is 135 Å². The van der Waals surface area contributed by atoms with Crippen molar-refractivity contribution in [3.05, 3.63) is 31.9 Å². The quantitative estimate of drug-likeness (QED) is 0.736. The Balaban J connectivity index is 1.78. The molecule has 0 spiro atoms. The van der Waals surface area contributed by atoms with E-state index in [1.54, 1.807) is 18.3 Å². The average Bonchev–Trinajstić information content (AvgIpc) is 3.10. The van der Waals surface area contributed by atoms with Gasteiger partial charge in [0.25, 0.3) is 5.91 Å². The average molecular weight is 387 g/mol. The second kappa shape index (κ2) is 5.68. The van der Waals surface area contributed by atoms with Crippen LogP contribution in [0.15, 0.2) is 21.3 Å². The van der Waals surface area contributed by atoms with Gasteiger partial charge in [0.05, 0.1) is 20.1 Å². The van der Waals surface area contributed by atoms with Gasteiger partial charge in [0.15, 0.2) is 5.13 Å². The number of nitrogens with one attached hydrogen (secondary N) is 1. The lowest BCUT2D eigenvalue weighted by Crippen LogP contribution is -2.11. The maximum Gasteiger partial charge on any atom is 0.271 e. The Bertz CT molecular complexity index is 763. The molecule has 20 heavy (non-hydrogen) atoms. The molecular formula is C11H7BrN4OS3. The second-order valence-corrected chi connectivity index (χ2v) is 7.86. The van der Waals surface area contributed by atoms with E-state index in [2.05, 4.69) is 35.8 Å². The van der Waals surface area contributed by atoms with E-state index in [4.69, 9.17) is 0 Å². The Hall–Kier alpha value is -1.16. The van der Waals surface area contributed by atoms with Gasteiger partial charge < -0.3 is 0 Å². The molecule has 9 heteroatoms. The normalized spacial score (nSPS) is 10.7. The van der Waals surface area contributed by atoms with Crippen molar-refractivity contribution in [2.45, 2.75) is 6.92 Å². The number of carbonyl (C=O) groups is 1. The molecule has 0 aliphatic carbocycles. The van der Waals surface area contributed by atoms with E-state index in [9.17, 15) is 4.79 Å². The van der Waals surface area contributed by atoms with Crippen LogP contribution in [0.1, 0.15) is 15.4 Å². The molecule has 0 bridgehead atoms. The van der Waals surface area contributed by atoms with Crippen LogP contribution in [-0.4, -0.2) is 20.5 Å². The summed E-state index contributed by atoms with van der Waals surface area (Å²) in [4.78, 5) is 18.0. The number of thiazole rings is 1. The molecule has 3 heterocycles. The van der Waals surface area contributed by atoms with E-state index in [0.29, 0.717) is 15.7 Å². The van der Waals surface area contributed by atoms with E-state index in [-0.39, 0.29) is 5.91 Å². The van der Waals surface area contributed by atoms with Crippen LogP contribution in [0.5, 0.6) is 0 Å². The molecule has 0 fully saturated rings. The standard InChI is InChI=1S/C11H7BrN4OS3/c1-5-9(20-16-15-5)10(17)14-11-13-6(4-18-11)7-2-3-8(12)19-7/h2-4H,1H3,(H,13,14,17). The minimum absolute atomic E-state index is 0.217. The third kappa shape index (κ3) is 2.80. The molecule has 0 aromatic carbocycles. The van der Waals surface area contributed by atoms with Crippen LogP contribution in [0.2, 0.25) is 0 Å². The van der Waals surface area contributed by atoms with Gasteiger partial charge in [-0.15, -0.1) is 27.8 Å². The van der Waals surface area contributed by atoms with Crippen LogP contribution in [-0.2, 0) is 0 Å². The molecule has 0 aliphatic rings. The van der Waals surface area contributed by atoms with Gasteiger partial charge in [0.2, 0.25) is 0 Å². The Morgan fingerprint density at radius 2 is 2.25 bits per heavy atom. The largest absolute Gasteiger partial charge is 0.297 e. The molecule has 3 aromatic heterocycles. The number of hydrogen-bond donors (Lipinski definition) is 1. The molecule has 0 radical (unpaired) electrons. The van der Waals surface area contributed by atoms with E-state index in [0.717, 1.165) is 25.9 Å². The van der Waals surface area contributed by atoms with Crippen molar-refractivity contribution in [3.8, 4) is 10.6 Å². The third-order valence-electron chi connectivity index (χ3n) is 2.41. The molecule has 1 N–H and O–H groups in total. The maximum absolute atomic E-state index is 12.0. The summed E-state index contributed by atoms with van der Waals surface area (Å²) in [5.41, 5.74) is 1.49. The molecule has 0 saturated heterocycles. The van der Waals surface area contributed by atoms with Gasteiger partial charge in [-0.05, 0) is 46.5 Å². The summed E-state index contributed by atoms with van der Waals surface area (Å²) >= 11 is 7.51. The van der Waals surface area contributed by atoms with Gasteiger partial charge >= 0.3 is 0 Å².